The van der Waals surface area contributed by atoms with E-state index in [-0.39, 0.29) is 11.2 Å². The maximum atomic E-state index is 6.27. The van der Waals surface area contributed by atoms with E-state index in [1.54, 1.807) is 0 Å². The average Bonchev–Trinajstić information content (AvgIpc) is 3.10. The van der Waals surface area contributed by atoms with Crippen molar-refractivity contribution in [2.75, 3.05) is 0 Å². The molecule has 172 valence electrons. The molecule has 5 heteroatoms. The van der Waals surface area contributed by atoms with Crippen molar-refractivity contribution in [1.29, 1.82) is 0 Å². The molecule has 0 unspecified atom stereocenters. The Morgan fingerprint density at radius 2 is 1.09 bits per heavy atom. The lowest BCUT2D eigenvalue weighted by atomic mass is 9.78. The first-order chi connectivity index (χ1) is 16.8. The Kier molecular flexibility index (Phi) is 5.03. The van der Waals surface area contributed by atoms with E-state index in [4.69, 9.17) is 19.3 Å². The molecule has 0 saturated carbocycles. The summed E-state index contributed by atoms with van der Waals surface area (Å²) in [5, 5.41) is 2.15. The van der Waals surface area contributed by atoms with E-state index >= 15 is 0 Å². The number of benzene rings is 3. The number of fused-ring (bicyclic) bond motifs is 3. The zero-order chi connectivity index (χ0) is 24.2. The van der Waals surface area contributed by atoms with Crippen LogP contribution in [-0.4, -0.2) is 28.3 Å². The van der Waals surface area contributed by atoms with Crippen LogP contribution in [0.5, 0.6) is 0 Å². The van der Waals surface area contributed by atoms with Crippen LogP contribution in [-0.2, 0) is 9.31 Å². The van der Waals surface area contributed by atoms with Crippen molar-refractivity contribution in [2.45, 2.75) is 38.9 Å². The Balaban J connectivity index is 1.44. The predicted molar refractivity (Wildman–Crippen MR) is 144 cm³/mol. The average molecular weight is 458 g/mol. The summed E-state index contributed by atoms with van der Waals surface area (Å²) in [7, 11) is -0.406. The number of hydrogen-bond donors (Lipinski definition) is 0. The minimum absolute atomic E-state index is 0.379. The van der Waals surface area contributed by atoms with Gasteiger partial charge in [0.05, 0.1) is 33.6 Å². The molecule has 0 aliphatic carbocycles. The Hall–Kier alpha value is -3.54. The molecular formula is C30H27BN2O2. The van der Waals surface area contributed by atoms with Crippen molar-refractivity contribution < 1.29 is 9.31 Å². The largest absolute Gasteiger partial charge is 0.494 e. The number of aromatic nitrogens is 2. The summed E-state index contributed by atoms with van der Waals surface area (Å²) < 4.78 is 12.5. The summed E-state index contributed by atoms with van der Waals surface area (Å²) in [6, 6.07) is 31.1. The van der Waals surface area contributed by atoms with Gasteiger partial charge in [0, 0.05) is 16.3 Å². The minimum atomic E-state index is -0.406. The van der Waals surface area contributed by atoms with Crippen LogP contribution in [0.1, 0.15) is 27.7 Å². The van der Waals surface area contributed by atoms with Crippen molar-refractivity contribution in [3.8, 4) is 22.5 Å². The first kappa shape index (κ1) is 22.0. The van der Waals surface area contributed by atoms with E-state index in [1.807, 2.05) is 24.3 Å². The van der Waals surface area contributed by atoms with Crippen molar-refractivity contribution in [3.05, 3.63) is 91.0 Å². The fourth-order valence-electron chi connectivity index (χ4n) is 4.52. The fraction of sp³-hybridized carbons (Fsp3) is 0.200. The van der Waals surface area contributed by atoms with Crippen LogP contribution in [0.3, 0.4) is 0 Å². The molecule has 2 aromatic heterocycles. The van der Waals surface area contributed by atoms with Gasteiger partial charge in [-0.15, -0.1) is 0 Å². The van der Waals surface area contributed by atoms with Crippen LogP contribution in [0.15, 0.2) is 91.0 Å². The highest BCUT2D eigenvalue weighted by Crippen LogP contribution is 2.37. The summed E-state index contributed by atoms with van der Waals surface area (Å²) in [5.74, 6) is 0. The van der Waals surface area contributed by atoms with Crippen molar-refractivity contribution in [3.63, 3.8) is 0 Å². The molecule has 1 aliphatic rings. The van der Waals surface area contributed by atoms with Crippen molar-refractivity contribution in [2.24, 2.45) is 0 Å². The zero-order valence-electron chi connectivity index (χ0n) is 20.4. The number of hydrogen-bond acceptors (Lipinski definition) is 4. The molecule has 0 bridgehead atoms. The third-order valence-electron chi connectivity index (χ3n) is 7.30. The second kappa shape index (κ2) is 8.01. The van der Waals surface area contributed by atoms with E-state index in [0.717, 1.165) is 49.8 Å². The highest BCUT2D eigenvalue weighted by molar-refractivity contribution is 6.62. The van der Waals surface area contributed by atoms with E-state index in [0.29, 0.717) is 0 Å². The molecule has 1 aliphatic heterocycles. The monoisotopic (exact) mass is 458 g/mol. The number of nitrogens with zero attached hydrogens (tertiary/aromatic N) is 2. The summed E-state index contributed by atoms with van der Waals surface area (Å²) in [4.78, 5) is 10.1. The third-order valence-corrected chi connectivity index (χ3v) is 7.30. The van der Waals surface area contributed by atoms with Crippen LogP contribution in [0.2, 0.25) is 0 Å². The van der Waals surface area contributed by atoms with Crippen LogP contribution in [0.4, 0.5) is 0 Å². The van der Waals surface area contributed by atoms with E-state index in [9.17, 15) is 0 Å². The molecule has 0 atom stereocenters. The van der Waals surface area contributed by atoms with Crippen molar-refractivity contribution >= 4 is 34.4 Å². The van der Waals surface area contributed by atoms with Gasteiger partial charge in [-0.3, -0.25) is 0 Å². The van der Waals surface area contributed by atoms with Crippen LogP contribution in [0, 0.1) is 0 Å². The SMILES string of the molecule is CC1(C)OB(c2cccc(-c3ccc4ccc5ccc(-c6ccccc6)nc5c4n3)c2)OC1(C)C. The minimum Gasteiger partial charge on any atom is -0.399 e. The predicted octanol–water partition coefficient (Wildman–Crippen LogP) is 6.42. The summed E-state index contributed by atoms with van der Waals surface area (Å²) in [6.45, 7) is 8.29. The highest BCUT2D eigenvalue weighted by Gasteiger charge is 2.51. The van der Waals surface area contributed by atoms with Gasteiger partial charge >= 0.3 is 7.12 Å². The van der Waals surface area contributed by atoms with Crippen molar-refractivity contribution in [1.82, 2.24) is 9.97 Å². The molecule has 3 aromatic carbocycles. The topological polar surface area (TPSA) is 44.2 Å². The molecule has 0 amide bonds. The molecule has 1 saturated heterocycles. The van der Waals surface area contributed by atoms with Gasteiger partial charge in [-0.25, -0.2) is 9.97 Å². The molecular weight excluding hydrogens is 431 g/mol. The summed E-state index contributed by atoms with van der Waals surface area (Å²) in [5.41, 5.74) is 6.01. The summed E-state index contributed by atoms with van der Waals surface area (Å²) in [6.07, 6.45) is 0. The molecule has 4 nitrogen and oxygen atoms in total. The van der Waals surface area contributed by atoms with Gasteiger partial charge in [0.1, 0.15) is 0 Å². The first-order valence-electron chi connectivity index (χ1n) is 12.0. The summed E-state index contributed by atoms with van der Waals surface area (Å²) >= 11 is 0. The van der Waals surface area contributed by atoms with Gasteiger partial charge in [0.25, 0.3) is 0 Å². The third kappa shape index (κ3) is 3.81. The second-order valence-electron chi connectivity index (χ2n) is 10.2. The van der Waals surface area contributed by atoms with Gasteiger partial charge in [-0.05, 0) is 50.9 Å². The quantitative estimate of drug-likeness (QED) is 0.231. The van der Waals surface area contributed by atoms with Gasteiger partial charge in [-0.2, -0.15) is 0 Å². The van der Waals surface area contributed by atoms with Gasteiger partial charge in [0.15, 0.2) is 0 Å². The number of rotatable bonds is 3. The molecule has 35 heavy (non-hydrogen) atoms. The van der Waals surface area contributed by atoms with E-state index in [1.165, 1.54) is 0 Å². The Bertz CT molecular complexity index is 1550. The molecule has 3 heterocycles. The maximum absolute atomic E-state index is 6.27. The molecule has 0 radical (unpaired) electrons. The Morgan fingerprint density at radius 1 is 0.571 bits per heavy atom. The Labute approximate surface area is 206 Å². The van der Waals surface area contributed by atoms with Gasteiger partial charge in [0.2, 0.25) is 0 Å². The molecule has 0 spiro atoms. The molecule has 6 rings (SSSR count). The molecule has 1 fully saturated rings. The Morgan fingerprint density at radius 3 is 1.69 bits per heavy atom. The van der Waals surface area contributed by atoms with E-state index < -0.39 is 7.12 Å². The van der Waals surface area contributed by atoms with Crippen LogP contribution in [0.25, 0.3) is 44.3 Å². The lowest BCUT2D eigenvalue weighted by Gasteiger charge is -2.32. The standard InChI is InChI=1S/C30H27BN2O2/c1-29(2)30(3,4)35-31(34-29)24-12-8-11-23(19-24)26-18-16-22-14-13-21-15-17-25(20-9-6-5-7-10-20)32-27(21)28(22)33-26/h5-19H,1-4H3. The maximum Gasteiger partial charge on any atom is 0.494 e. The van der Waals surface area contributed by atoms with Crippen LogP contribution < -0.4 is 5.46 Å². The molecule has 5 aromatic rings. The lowest BCUT2D eigenvalue weighted by molar-refractivity contribution is 0.00578. The lowest BCUT2D eigenvalue weighted by Crippen LogP contribution is -2.41. The number of pyridine rings is 2. The normalized spacial score (nSPS) is 16.7. The first-order valence-corrected chi connectivity index (χ1v) is 12.0. The second-order valence-corrected chi connectivity index (χ2v) is 10.2. The van der Waals surface area contributed by atoms with Crippen LogP contribution >= 0.6 is 0 Å². The van der Waals surface area contributed by atoms with Gasteiger partial charge < -0.3 is 9.31 Å². The fourth-order valence-corrected chi connectivity index (χ4v) is 4.52. The smallest absolute Gasteiger partial charge is 0.399 e. The van der Waals surface area contributed by atoms with Gasteiger partial charge in [-0.1, -0.05) is 78.9 Å². The molecule has 0 N–H and O–H groups in total. The van der Waals surface area contributed by atoms with E-state index in [2.05, 4.69) is 94.4 Å². The zero-order valence-corrected chi connectivity index (χ0v) is 20.4. The highest BCUT2D eigenvalue weighted by atomic mass is 16.7.